The molecule has 1 aromatic heterocycles. The molecule has 25 heavy (non-hydrogen) atoms. The minimum Gasteiger partial charge on any atom is -0.274 e. The molecule has 3 aromatic rings. The van der Waals surface area contributed by atoms with Crippen LogP contribution in [0.2, 0.25) is 10.0 Å². The highest BCUT2D eigenvalue weighted by Gasteiger charge is 2.22. The molecule has 0 saturated heterocycles. The maximum atomic E-state index is 12.6. The van der Waals surface area contributed by atoms with Crippen molar-refractivity contribution in [3.05, 3.63) is 63.3 Å². The van der Waals surface area contributed by atoms with Gasteiger partial charge in [-0.15, -0.1) is 0 Å². The van der Waals surface area contributed by atoms with Crippen LogP contribution < -0.4 is 0 Å². The van der Waals surface area contributed by atoms with Crippen LogP contribution in [0.15, 0.2) is 36.4 Å². The molecule has 1 amide bonds. The Morgan fingerprint density at radius 1 is 1.28 bits per heavy atom. The first-order valence-corrected chi connectivity index (χ1v) is 8.40. The SMILES string of the molecule is CON(C)C(=O)c1nn(Cc2ccc(Cl)cc2Cl)c2c(C)cccc12. The van der Waals surface area contributed by atoms with Crippen LogP contribution in [0.4, 0.5) is 0 Å². The third-order valence-corrected chi connectivity index (χ3v) is 4.66. The third kappa shape index (κ3) is 3.35. The number of fused-ring (bicyclic) bond motifs is 1. The van der Waals surface area contributed by atoms with Crippen molar-refractivity contribution in [2.24, 2.45) is 0 Å². The fourth-order valence-corrected chi connectivity index (χ4v) is 3.20. The molecule has 0 N–H and O–H groups in total. The van der Waals surface area contributed by atoms with Gasteiger partial charge in [-0.3, -0.25) is 14.3 Å². The summed E-state index contributed by atoms with van der Waals surface area (Å²) in [6.45, 7) is 2.42. The lowest BCUT2D eigenvalue weighted by atomic mass is 10.1. The summed E-state index contributed by atoms with van der Waals surface area (Å²) in [5, 5.41) is 7.60. The van der Waals surface area contributed by atoms with Crippen molar-refractivity contribution >= 4 is 40.0 Å². The normalized spacial score (nSPS) is 11.1. The van der Waals surface area contributed by atoms with E-state index in [-0.39, 0.29) is 5.91 Å². The minimum atomic E-state index is -0.306. The monoisotopic (exact) mass is 377 g/mol. The number of carbonyl (C=O) groups excluding carboxylic acids is 1. The van der Waals surface area contributed by atoms with Gasteiger partial charge in [0.05, 0.1) is 19.2 Å². The zero-order chi connectivity index (χ0) is 18.1. The van der Waals surface area contributed by atoms with Gasteiger partial charge >= 0.3 is 0 Å². The highest BCUT2D eigenvalue weighted by Crippen LogP contribution is 2.26. The highest BCUT2D eigenvalue weighted by atomic mass is 35.5. The lowest BCUT2D eigenvalue weighted by Gasteiger charge is -2.11. The predicted molar refractivity (Wildman–Crippen MR) is 99.1 cm³/mol. The van der Waals surface area contributed by atoms with Gasteiger partial charge in [0, 0.05) is 22.5 Å². The number of amides is 1. The molecule has 130 valence electrons. The Balaban J connectivity index is 2.13. The number of carbonyl (C=O) groups is 1. The molecule has 0 saturated carbocycles. The number of halogens is 2. The standard InChI is InChI=1S/C18H17Cl2N3O2/c1-11-5-4-6-14-16(18(24)22(2)25-3)21-23(17(11)14)10-12-7-8-13(19)9-15(12)20/h4-9H,10H2,1-3H3. The molecule has 0 unspecified atom stereocenters. The number of rotatable bonds is 4. The van der Waals surface area contributed by atoms with Crippen LogP contribution in [0.1, 0.15) is 21.6 Å². The number of aryl methyl sites for hydroxylation is 1. The second kappa shape index (κ2) is 7.04. The van der Waals surface area contributed by atoms with Gasteiger partial charge in [-0.2, -0.15) is 5.10 Å². The second-order valence-electron chi connectivity index (χ2n) is 5.70. The van der Waals surface area contributed by atoms with E-state index in [1.54, 1.807) is 23.9 Å². The van der Waals surface area contributed by atoms with Gasteiger partial charge < -0.3 is 0 Å². The molecule has 7 heteroatoms. The zero-order valence-electron chi connectivity index (χ0n) is 14.1. The van der Waals surface area contributed by atoms with E-state index in [1.807, 2.05) is 31.2 Å². The Bertz CT molecular complexity index is 953. The van der Waals surface area contributed by atoms with Crippen molar-refractivity contribution in [1.29, 1.82) is 0 Å². The zero-order valence-corrected chi connectivity index (χ0v) is 15.6. The molecule has 5 nitrogen and oxygen atoms in total. The van der Waals surface area contributed by atoms with Gasteiger partial charge in [0.15, 0.2) is 5.69 Å². The summed E-state index contributed by atoms with van der Waals surface area (Å²) < 4.78 is 1.79. The maximum absolute atomic E-state index is 12.6. The van der Waals surface area contributed by atoms with Crippen molar-refractivity contribution in [1.82, 2.24) is 14.8 Å². The summed E-state index contributed by atoms with van der Waals surface area (Å²) in [5.41, 5.74) is 3.13. The van der Waals surface area contributed by atoms with Gasteiger partial charge in [-0.05, 0) is 30.2 Å². The van der Waals surface area contributed by atoms with Crippen molar-refractivity contribution in [3.8, 4) is 0 Å². The Morgan fingerprint density at radius 3 is 2.72 bits per heavy atom. The fourth-order valence-electron chi connectivity index (χ4n) is 2.73. The summed E-state index contributed by atoms with van der Waals surface area (Å²) in [4.78, 5) is 17.6. The summed E-state index contributed by atoms with van der Waals surface area (Å²) in [6, 6.07) is 11.1. The first kappa shape index (κ1) is 17.7. The van der Waals surface area contributed by atoms with Gasteiger partial charge in [0.25, 0.3) is 5.91 Å². The second-order valence-corrected chi connectivity index (χ2v) is 6.54. The number of aromatic nitrogens is 2. The number of hydroxylamine groups is 2. The first-order valence-electron chi connectivity index (χ1n) is 7.64. The Kier molecular flexibility index (Phi) is 4.99. The van der Waals surface area contributed by atoms with Crippen LogP contribution in [0.5, 0.6) is 0 Å². The van der Waals surface area contributed by atoms with E-state index in [0.29, 0.717) is 22.3 Å². The molecule has 0 fully saturated rings. The fraction of sp³-hybridized carbons (Fsp3) is 0.222. The maximum Gasteiger partial charge on any atom is 0.298 e. The molecule has 0 aliphatic heterocycles. The van der Waals surface area contributed by atoms with Crippen LogP contribution in [-0.4, -0.2) is 34.9 Å². The van der Waals surface area contributed by atoms with Crippen molar-refractivity contribution in [3.63, 3.8) is 0 Å². The molecular formula is C18H17Cl2N3O2. The molecule has 3 rings (SSSR count). The molecule has 0 aliphatic carbocycles. The summed E-state index contributed by atoms with van der Waals surface area (Å²) >= 11 is 12.3. The smallest absolute Gasteiger partial charge is 0.274 e. The summed E-state index contributed by atoms with van der Waals surface area (Å²) in [5.74, 6) is -0.306. The number of para-hydroxylation sites is 1. The number of hydrogen-bond acceptors (Lipinski definition) is 3. The third-order valence-electron chi connectivity index (χ3n) is 4.07. The van der Waals surface area contributed by atoms with Gasteiger partial charge in [-0.1, -0.05) is 47.5 Å². The first-order chi connectivity index (χ1) is 11.9. The minimum absolute atomic E-state index is 0.306. The summed E-state index contributed by atoms with van der Waals surface area (Å²) in [7, 11) is 2.99. The average Bonchev–Trinajstić information content (AvgIpc) is 2.96. The van der Waals surface area contributed by atoms with E-state index in [4.69, 9.17) is 28.0 Å². The van der Waals surface area contributed by atoms with Gasteiger partial charge in [0.2, 0.25) is 0 Å². The van der Waals surface area contributed by atoms with Crippen LogP contribution in [-0.2, 0) is 11.4 Å². The van der Waals surface area contributed by atoms with E-state index in [0.717, 1.165) is 27.1 Å². The molecular weight excluding hydrogens is 361 g/mol. The van der Waals surface area contributed by atoms with E-state index in [2.05, 4.69) is 5.10 Å². The van der Waals surface area contributed by atoms with Crippen LogP contribution >= 0.6 is 23.2 Å². The number of nitrogens with zero attached hydrogens (tertiary/aromatic N) is 3. The molecule has 1 heterocycles. The molecule has 2 aromatic carbocycles. The van der Waals surface area contributed by atoms with Crippen molar-refractivity contribution in [2.45, 2.75) is 13.5 Å². The van der Waals surface area contributed by atoms with Gasteiger partial charge in [-0.25, -0.2) is 5.06 Å². The number of benzene rings is 2. The largest absolute Gasteiger partial charge is 0.298 e. The topological polar surface area (TPSA) is 47.4 Å². The predicted octanol–water partition coefficient (Wildman–Crippen LogP) is 4.33. The molecule has 0 aliphatic rings. The highest BCUT2D eigenvalue weighted by molar-refractivity contribution is 6.35. The van der Waals surface area contributed by atoms with Crippen LogP contribution in [0.3, 0.4) is 0 Å². The van der Waals surface area contributed by atoms with E-state index < -0.39 is 0 Å². The van der Waals surface area contributed by atoms with E-state index in [9.17, 15) is 4.79 Å². The average molecular weight is 378 g/mol. The molecule has 0 bridgehead atoms. The van der Waals surface area contributed by atoms with Crippen LogP contribution in [0, 0.1) is 6.92 Å². The van der Waals surface area contributed by atoms with Crippen molar-refractivity contribution in [2.75, 3.05) is 14.2 Å². The van der Waals surface area contributed by atoms with Crippen molar-refractivity contribution < 1.29 is 9.63 Å². The lowest BCUT2D eigenvalue weighted by molar-refractivity contribution is -0.0759. The number of hydrogen-bond donors (Lipinski definition) is 0. The summed E-state index contributed by atoms with van der Waals surface area (Å²) in [6.07, 6.45) is 0. The Labute approximate surface area is 155 Å². The van der Waals surface area contributed by atoms with Gasteiger partial charge in [0.1, 0.15) is 0 Å². The molecule has 0 radical (unpaired) electrons. The Morgan fingerprint density at radius 2 is 2.04 bits per heavy atom. The van der Waals surface area contributed by atoms with E-state index >= 15 is 0 Å². The van der Waals surface area contributed by atoms with E-state index in [1.165, 1.54) is 7.11 Å². The molecule has 0 atom stereocenters. The Hall–Kier alpha value is -2.08. The lowest BCUT2D eigenvalue weighted by Crippen LogP contribution is -2.26. The molecule has 0 spiro atoms. The van der Waals surface area contributed by atoms with Crippen LogP contribution in [0.25, 0.3) is 10.9 Å². The quantitative estimate of drug-likeness (QED) is 0.635.